The van der Waals surface area contributed by atoms with Gasteiger partial charge in [0.2, 0.25) is 0 Å². The third kappa shape index (κ3) is 7.44. The van der Waals surface area contributed by atoms with Crippen molar-refractivity contribution in [2.75, 3.05) is 0 Å². The molecule has 1 nitrogen and oxygen atoms in total. The molecule has 0 saturated heterocycles. The molecule has 0 atom stereocenters. The number of Topliss-reactive ketones (excluding diaryl/α,β-unsaturated/α-hetero) is 1. The van der Waals surface area contributed by atoms with E-state index in [9.17, 15) is 4.79 Å². The SMILES string of the molecule is C[CH+]CCCC(=O)CCCC. The highest BCUT2D eigenvalue weighted by Gasteiger charge is 2.01. The van der Waals surface area contributed by atoms with Gasteiger partial charge in [0.25, 0.3) is 0 Å². The van der Waals surface area contributed by atoms with Crippen molar-refractivity contribution >= 4 is 5.78 Å². The molecular formula is C10H19O+. The van der Waals surface area contributed by atoms with Crippen LogP contribution in [-0.4, -0.2) is 5.78 Å². The maximum atomic E-state index is 11.1. The first-order valence-electron chi connectivity index (χ1n) is 4.60. The van der Waals surface area contributed by atoms with Crippen LogP contribution >= 0.6 is 0 Å². The summed E-state index contributed by atoms with van der Waals surface area (Å²) in [7, 11) is 0. The van der Waals surface area contributed by atoms with Crippen molar-refractivity contribution < 1.29 is 4.79 Å². The maximum Gasteiger partial charge on any atom is 0.133 e. The molecule has 0 aromatic heterocycles. The second kappa shape index (κ2) is 7.64. The molecule has 11 heavy (non-hydrogen) atoms. The molecule has 0 aliphatic rings. The van der Waals surface area contributed by atoms with Crippen molar-refractivity contribution in [3.05, 3.63) is 6.42 Å². The van der Waals surface area contributed by atoms with Crippen LogP contribution in [0.5, 0.6) is 0 Å². The van der Waals surface area contributed by atoms with E-state index in [4.69, 9.17) is 0 Å². The predicted molar refractivity (Wildman–Crippen MR) is 48.4 cm³/mol. The van der Waals surface area contributed by atoms with Gasteiger partial charge in [-0.05, 0) is 12.8 Å². The fourth-order valence-corrected chi connectivity index (χ4v) is 1.00. The fraction of sp³-hybridized carbons (Fsp3) is 0.800. The van der Waals surface area contributed by atoms with Gasteiger partial charge in [-0.25, -0.2) is 0 Å². The van der Waals surface area contributed by atoms with Gasteiger partial charge < -0.3 is 0 Å². The number of carbonyl (C=O) groups is 1. The Hall–Kier alpha value is -0.460. The average Bonchev–Trinajstić information content (AvgIpc) is 2.01. The van der Waals surface area contributed by atoms with E-state index >= 15 is 0 Å². The largest absolute Gasteiger partial charge is 0.300 e. The molecule has 0 amide bonds. The summed E-state index contributed by atoms with van der Waals surface area (Å²) in [6.45, 7) is 4.16. The average molecular weight is 155 g/mol. The van der Waals surface area contributed by atoms with Gasteiger partial charge in [0.15, 0.2) is 0 Å². The fourth-order valence-electron chi connectivity index (χ4n) is 1.00. The van der Waals surface area contributed by atoms with Crippen LogP contribution in [0.3, 0.4) is 0 Å². The van der Waals surface area contributed by atoms with E-state index in [0.717, 1.165) is 38.5 Å². The summed E-state index contributed by atoms with van der Waals surface area (Å²) in [5.41, 5.74) is 0. The molecule has 0 fully saturated rings. The van der Waals surface area contributed by atoms with Gasteiger partial charge in [0.05, 0.1) is 19.8 Å². The zero-order valence-corrected chi connectivity index (χ0v) is 7.73. The molecule has 0 saturated carbocycles. The van der Waals surface area contributed by atoms with E-state index in [1.807, 2.05) is 6.92 Å². The summed E-state index contributed by atoms with van der Waals surface area (Å²) in [5.74, 6) is 0.439. The van der Waals surface area contributed by atoms with E-state index < -0.39 is 0 Å². The van der Waals surface area contributed by atoms with Crippen molar-refractivity contribution in [1.82, 2.24) is 0 Å². The van der Waals surface area contributed by atoms with E-state index in [2.05, 4.69) is 13.3 Å². The molecule has 0 aliphatic heterocycles. The van der Waals surface area contributed by atoms with E-state index in [0.29, 0.717) is 5.78 Å². The minimum Gasteiger partial charge on any atom is -0.300 e. The highest BCUT2D eigenvalue weighted by Crippen LogP contribution is 2.03. The first-order valence-corrected chi connectivity index (χ1v) is 4.60. The van der Waals surface area contributed by atoms with Crippen molar-refractivity contribution in [2.45, 2.75) is 52.4 Å². The molecule has 1 heteroatoms. The molecule has 0 heterocycles. The van der Waals surface area contributed by atoms with Crippen LogP contribution in [0.25, 0.3) is 0 Å². The number of unbranched alkanes of at least 4 members (excludes halogenated alkanes) is 3. The van der Waals surface area contributed by atoms with Gasteiger partial charge in [0.1, 0.15) is 5.78 Å². The summed E-state index contributed by atoms with van der Waals surface area (Å²) in [6, 6.07) is 0. The molecule has 0 radical (unpaired) electrons. The lowest BCUT2D eigenvalue weighted by atomic mass is 10.1. The Bertz CT molecular complexity index is 97.0. The van der Waals surface area contributed by atoms with Crippen molar-refractivity contribution in [2.24, 2.45) is 0 Å². The van der Waals surface area contributed by atoms with Gasteiger partial charge in [-0.2, -0.15) is 0 Å². The Morgan fingerprint density at radius 1 is 1.27 bits per heavy atom. The lowest BCUT2D eigenvalue weighted by Gasteiger charge is -1.95. The van der Waals surface area contributed by atoms with Crippen LogP contribution in [0.2, 0.25) is 0 Å². The first kappa shape index (κ1) is 10.5. The molecular weight excluding hydrogens is 136 g/mol. The van der Waals surface area contributed by atoms with Crippen LogP contribution in [0.15, 0.2) is 0 Å². The maximum absolute atomic E-state index is 11.1. The molecule has 0 spiro atoms. The zero-order valence-electron chi connectivity index (χ0n) is 7.73. The summed E-state index contributed by atoms with van der Waals surface area (Å²) in [5, 5.41) is 0. The van der Waals surface area contributed by atoms with Gasteiger partial charge >= 0.3 is 0 Å². The second-order valence-corrected chi connectivity index (χ2v) is 2.94. The van der Waals surface area contributed by atoms with Crippen molar-refractivity contribution in [3.8, 4) is 0 Å². The Morgan fingerprint density at radius 3 is 2.45 bits per heavy atom. The van der Waals surface area contributed by atoms with E-state index in [-0.39, 0.29) is 0 Å². The minimum atomic E-state index is 0.439. The summed E-state index contributed by atoms with van der Waals surface area (Å²) < 4.78 is 0. The standard InChI is InChI=1S/C10H19O/c1-3-5-7-9-10(11)8-6-4-2/h3H,4-9H2,1-2H3/q+1. The quantitative estimate of drug-likeness (QED) is 0.408. The third-order valence-electron chi connectivity index (χ3n) is 1.76. The topological polar surface area (TPSA) is 17.1 Å². The Morgan fingerprint density at radius 2 is 1.91 bits per heavy atom. The first-order chi connectivity index (χ1) is 5.31. The Kier molecular flexibility index (Phi) is 7.33. The Labute approximate surface area is 70.2 Å². The molecule has 0 unspecified atom stereocenters. The van der Waals surface area contributed by atoms with Crippen molar-refractivity contribution in [1.29, 1.82) is 0 Å². The zero-order chi connectivity index (χ0) is 8.53. The highest BCUT2D eigenvalue weighted by molar-refractivity contribution is 5.78. The predicted octanol–water partition coefficient (Wildman–Crippen LogP) is 3.14. The lowest BCUT2D eigenvalue weighted by Crippen LogP contribution is -1.96. The molecule has 0 aliphatic carbocycles. The van der Waals surface area contributed by atoms with Crippen LogP contribution in [0.4, 0.5) is 0 Å². The molecule has 64 valence electrons. The van der Waals surface area contributed by atoms with Gasteiger partial charge in [-0.1, -0.05) is 13.3 Å². The Balaban J connectivity index is 3.09. The summed E-state index contributed by atoms with van der Waals surface area (Å²) >= 11 is 0. The number of hydrogen-bond acceptors (Lipinski definition) is 1. The number of rotatable bonds is 7. The van der Waals surface area contributed by atoms with Gasteiger partial charge in [-0.3, -0.25) is 4.79 Å². The molecule has 0 rings (SSSR count). The minimum absolute atomic E-state index is 0.439. The van der Waals surface area contributed by atoms with Gasteiger partial charge in [0, 0.05) is 12.8 Å². The number of ketones is 1. The smallest absolute Gasteiger partial charge is 0.133 e. The monoisotopic (exact) mass is 155 g/mol. The van der Waals surface area contributed by atoms with Crippen LogP contribution < -0.4 is 0 Å². The molecule has 0 bridgehead atoms. The van der Waals surface area contributed by atoms with Crippen LogP contribution in [-0.2, 0) is 4.79 Å². The number of hydrogen-bond donors (Lipinski definition) is 0. The van der Waals surface area contributed by atoms with Gasteiger partial charge in [-0.15, -0.1) is 0 Å². The summed E-state index contributed by atoms with van der Waals surface area (Å²) in [4.78, 5) is 11.1. The van der Waals surface area contributed by atoms with Crippen LogP contribution in [0.1, 0.15) is 52.4 Å². The molecule has 0 aromatic rings. The van der Waals surface area contributed by atoms with E-state index in [1.165, 1.54) is 0 Å². The second-order valence-electron chi connectivity index (χ2n) is 2.94. The van der Waals surface area contributed by atoms with Crippen LogP contribution in [0, 0.1) is 6.42 Å². The van der Waals surface area contributed by atoms with E-state index in [1.54, 1.807) is 0 Å². The third-order valence-corrected chi connectivity index (χ3v) is 1.76. The normalized spacial score (nSPS) is 9.64. The summed E-state index contributed by atoms with van der Waals surface area (Å²) in [6.07, 6.45) is 8.01. The molecule has 0 aromatic carbocycles. The number of carbonyl (C=O) groups excluding carboxylic acids is 1. The van der Waals surface area contributed by atoms with Crippen molar-refractivity contribution in [3.63, 3.8) is 0 Å². The lowest BCUT2D eigenvalue weighted by molar-refractivity contribution is -0.119. The molecule has 0 N–H and O–H groups in total. The highest BCUT2D eigenvalue weighted by atomic mass is 16.1.